The standard InChI is InChI=1S/C9H7ClF3N3O3S2/c10-6-3-5(4-15-16-8(14)20)1-2-7(6)19-21(17,18)9(11,12)13/h1-4H,(H3,14,16,20). The molecule has 116 valence electrons. The smallest absolute Gasteiger partial charge is 0.375 e. The van der Waals surface area contributed by atoms with E-state index in [4.69, 9.17) is 17.3 Å². The highest BCUT2D eigenvalue weighted by Gasteiger charge is 2.48. The molecule has 1 aromatic carbocycles. The second-order valence-electron chi connectivity index (χ2n) is 3.41. The number of hydrogen-bond donors (Lipinski definition) is 2. The summed E-state index contributed by atoms with van der Waals surface area (Å²) in [7, 11) is -5.78. The molecular formula is C9H7ClF3N3O3S2. The molecule has 0 aliphatic rings. The van der Waals surface area contributed by atoms with E-state index in [0.29, 0.717) is 5.56 Å². The summed E-state index contributed by atoms with van der Waals surface area (Å²) in [5.41, 5.74) is 2.16. The van der Waals surface area contributed by atoms with Crippen molar-refractivity contribution in [2.75, 3.05) is 0 Å². The molecule has 0 atom stereocenters. The van der Waals surface area contributed by atoms with E-state index in [1.54, 1.807) is 0 Å². The third-order valence-electron chi connectivity index (χ3n) is 1.83. The number of nitrogens with zero attached hydrogens (tertiary/aromatic N) is 1. The summed E-state index contributed by atoms with van der Waals surface area (Å²) in [4.78, 5) is 0. The number of nitrogens with two attached hydrogens (primary N) is 1. The van der Waals surface area contributed by atoms with Gasteiger partial charge in [0, 0.05) is 0 Å². The molecule has 0 radical (unpaired) electrons. The maximum absolute atomic E-state index is 12.2. The molecular weight excluding hydrogens is 355 g/mol. The van der Waals surface area contributed by atoms with Crippen LogP contribution in [0, 0.1) is 0 Å². The van der Waals surface area contributed by atoms with Crippen molar-refractivity contribution in [1.29, 1.82) is 0 Å². The quantitative estimate of drug-likeness (QED) is 0.279. The summed E-state index contributed by atoms with van der Waals surface area (Å²) < 4.78 is 62.1. The van der Waals surface area contributed by atoms with Crippen LogP contribution in [0.15, 0.2) is 23.3 Å². The van der Waals surface area contributed by atoms with Crippen molar-refractivity contribution in [3.63, 3.8) is 0 Å². The van der Waals surface area contributed by atoms with Crippen molar-refractivity contribution in [1.82, 2.24) is 5.43 Å². The van der Waals surface area contributed by atoms with Gasteiger partial charge in [0.05, 0.1) is 11.2 Å². The highest BCUT2D eigenvalue weighted by atomic mass is 35.5. The molecule has 0 unspecified atom stereocenters. The Bertz CT molecular complexity index is 677. The number of rotatable bonds is 4. The second-order valence-corrected chi connectivity index (χ2v) is 5.79. The minimum absolute atomic E-state index is 0.0893. The van der Waals surface area contributed by atoms with Gasteiger partial charge in [0.1, 0.15) is 0 Å². The van der Waals surface area contributed by atoms with Gasteiger partial charge in [0.15, 0.2) is 10.9 Å². The fourth-order valence-electron chi connectivity index (χ4n) is 1.00. The van der Waals surface area contributed by atoms with Gasteiger partial charge in [0.25, 0.3) is 0 Å². The van der Waals surface area contributed by atoms with Crippen molar-refractivity contribution >= 4 is 45.3 Å². The van der Waals surface area contributed by atoms with Gasteiger partial charge >= 0.3 is 15.6 Å². The highest BCUT2D eigenvalue weighted by molar-refractivity contribution is 7.88. The minimum atomic E-state index is -5.78. The maximum atomic E-state index is 12.2. The number of hydrazone groups is 1. The highest BCUT2D eigenvalue weighted by Crippen LogP contribution is 2.31. The molecule has 0 amide bonds. The molecule has 0 aromatic heterocycles. The summed E-state index contributed by atoms with van der Waals surface area (Å²) in [5, 5.41) is 3.15. The van der Waals surface area contributed by atoms with Crippen molar-refractivity contribution in [2.24, 2.45) is 10.8 Å². The van der Waals surface area contributed by atoms with Crippen LogP contribution in [0.5, 0.6) is 5.75 Å². The van der Waals surface area contributed by atoms with Crippen molar-refractivity contribution in [2.45, 2.75) is 5.51 Å². The summed E-state index contributed by atoms with van der Waals surface area (Å²) in [5.74, 6) is -0.659. The molecule has 0 spiro atoms. The van der Waals surface area contributed by atoms with E-state index in [0.717, 1.165) is 12.1 Å². The van der Waals surface area contributed by atoms with E-state index < -0.39 is 21.4 Å². The normalized spacial score (nSPS) is 12.4. The Morgan fingerprint density at radius 3 is 2.57 bits per heavy atom. The Morgan fingerprint density at radius 1 is 1.48 bits per heavy atom. The predicted octanol–water partition coefficient (Wildman–Crippen LogP) is 1.74. The lowest BCUT2D eigenvalue weighted by molar-refractivity contribution is -0.0500. The lowest BCUT2D eigenvalue weighted by atomic mass is 10.2. The lowest BCUT2D eigenvalue weighted by Gasteiger charge is -2.10. The van der Waals surface area contributed by atoms with Gasteiger partial charge in [-0.3, -0.25) is 5.43 Å². The molecule has 21 heavy (non-hydrogen) atoms. The van der Waals surface area contributed by atoms with E-state index in [9.17, 15) is 21.6 Å². The van der Waals surface area contributed by atoms with E-state index in [-0.39, 0.29) is 10.1 Å². The summed E-state index contributed by atoms with van der Waals surface area (Å²) in [6.45, 7) is 0. The Kier molecular flexibility index (Phi) is 5.36. The predicted molar refractivity (Wildman–Crippen MR) is 74.6 cm³/mol. The zero-order chi connectivity index (χ0) is 16.3. The molecule has 1 aromatic rings. The van der Waals surface area contributed by atoms with Crippen LogP contribution in [0.1, 0.15) is 5.56 Å². The summed E-state index contributed by atoms with van der Waals surface area (Å²) in [6, 6.07) is 3.33. The zero-order valence-corrected chi connectivity index (χ0v) is 12.3. The molecule has 0 saturated heterocycles. The van der Waals surface area contributed by atoms with E-state index in [1.807, 2.05) is 0 Å². The van der Waals surface area contributed by atoms with Gasteiger partial charge in [-0.15, -0.1) is 0 Å². The monoisotopic (exact) mass is 361 g/mol. The van der Waals surface area contributed by atoms with Crippen LogP contribution in [-0.4, -0.2) is 25.3 Å². The summed E-state index contributed by atoms with van der Waals surface area (Å²) in [6.07, 6.45) is 1.22. The number of nitrogens with one attached hydrogen (secondary N) is 1. The third kappa shape index (κ3) is 5.02. The minimum Gasteiger partial charge on any atom is -0.375 e. The first-order chi connectivity index (χ1) is 9.53. The molecule has 0 fully saturated rings. The van der Waals surface area contributed by atoms with Gasteiger partial charge in [-0.05, 0) is 36.0 Å². The number of benzene rings is 1. The maximum Gasteiger partial charge on any atom is 0.534 e. The SMILES string of the molecule is NC(=S)NN=Cc1ccc(OS(=O)(=O)C(F)(F)F)c(Cl)c1. The topological polar surface area (TPSA) is 93.8 Å². The van der Waals surface area contributed by atoms with Gasteiger partial charge in [-0.1, -0.05) is 11.6 Å². The first kappa shape index (κ1) is 17.5. The second kappa shape index (κ2) is 6.45. The molecule has 6 nitrogen and oxygen atoms in total. The molecule has 0 aliphatic heterocycles. The van der Waals surface area contributed by atoms with Crippen molar-refractivity contribution in [3.8, 4) is 5.75 Å². The van der Waals surface area contributed by atoms with Crippen LogP contribution in [0.4, 0.5) is 13.2 Å². The fourth-order valence-corrected chi connectivity index (χ4v) is 1.80. The first-order valence-electron chi connectivity index (χ1n) is 4.92. The van der Waals surface area contributed by atoms with Crippen LogP contribution in [0.3, 0.4) is 0 Å². The number of hydrogen-bond acceptors (Lipinski definition) is 5. The van der Waals surface area contributed by atoms with Gasteiger partial charge in [0.2, 0.25) is 0 Å². The van der Waals surface area contributed by atoms with Crippen molar-refractivity contribution < 1.29 is 25.8 Å². The van der Waals surface area contributed by atoms with Gasteiger partial charge in [-0.2, -0.15) is 26.7 Å². The largest absolute Gasteiger partial charge is 0.534 e. The zero-order valence-electron chi connectivity index (χ0n) is 9.89. The number of thiocarbonyl (C=S) groups is 1. The van der Waals surface area contributed by atoms with Crippen LogP contribution in [-0.2, 0) is 10.1 Å². The molecule has 3 N–H and O–H groups in total. The third-order valence-corrected chi connectivity index (χ3v) is 3.18. The molecule has 0 bridgehead atoms. The van der Waals surface area contributed by atoms with Crippen LogP contribution >= 0.6 is 23.8 Å². The van der Waals surface area contributed by atoms with Crippen LogP contribution < -0.4 is 15.3 Å². The summed E-state index contributed by atoms with van der Waals surface area (Å²) >= 11 is 10.1. The van der Waals surface area contributed by atoms with Crippen LogP contribution in [0.25, 0.3) is 0 Å². The Hall–Kier alpha value is -1.59. The molecule has 0 heterocycles. The average molecular weight is 362 g/mol. The van der Waals surface area contributed by atoms with Gasteiger partial charge < -0.3 is 9.92 Å². The number of halogens is 4. The van der Waals surface area contributed by atoms with E-state index in [2.05, 4.69) is 26.9 Å². The Balaban J connectivity index is 2.94. The Labute approximate surface area is 127 Å². The Morgan fingerprint density at radius 2 is 2.10 bits per heavy atom. The van der Waals surface area contributed by atoms with Gasteiger partial charge in [-0.25, -0.2) is 0 Å². The lowest BCUT2D eigenvalue weighted by Crippen LogP contribution is -2.28. The fraction of sp³-hybridized carbons (Fsp3) is 0.111. The number of alkyl halides is 3. The molecule has 1 rings (SSSR count). The van der Waals surface area contributed by atoms with Crippen LogP contribution in [0.2, 0.25) is 5.02 Å². The van der Waals surface area contributed by atoms with E-state index >= 15 is 0 Å². The molecule has 0 aliphatic carbocycles. The van der Waals surface area contributed by atoms with E-state index in [1.165, 1.54) is 12.3 Å². The molecule has 12 heteroatoms. The first-order valence-corrected chi connectivity index (χ1v) is 7.11. The molecule has 0 saturated carbocycles. The average Bonchev–Trinajstić information content (AvgIpc) is 2.30. The van der Waals surface area contributed by atoms with Crippen molar-refractivity contribution in [3.05, 3.63) is 28.8 Å².